The molecule has 1 saturated heterocycles. The fourth-order valence-corrected chi connectivity index (χ4v) is 3.07. The number of nitrogens with one attached hydrogen (secondary N) is 1. The topological polar surface area (TPSA) is 50.2 Å². The number of hydrogen-bond donors (Lipinski definition) is 1. The summed E-state index contributed by atoms with van der Waals surface area (Å²) in [6.45, 7) is 3.96. The van der Waals surface area contributed by atoms with Gasteiger partial charge in [0.05, 0.1) is 18.2 Å². The minimum atomic E-state index is -0.00831. The molecule has 1 aromatic heterocycles. The molecule has 1 fully saturated rings. The number of aryl methyl sites for hydroxylation is 1. The lowest BCUT2D eigenvalue weighted by Gasteiger charge is -2.26. The van der Waals surface area contributed by atoms with Crippen molar-refractivity contribution < 1.29 is 4.79 Å². The largest absolute Gasteiger partial charge is 0.351 e. The maximum Gasteiger partial charge on any atom is 0.251 e. The number of aromatic nitrogens is 2. The second kappa shape index (κ2) is 7.42. The van der Waals surface area contributed by atoms with Crippen molar-refractivity contribution in [3.05, 3.63) is 42.4 Å². The van der Waals surface area contributed by atoms with Gasteiger partial charge in [0.25, 0.3) is 5.91 Å². The van der Waals surface area contributed by atoms with Gasteiger partial charge in [0.2, 0.25) is 0 Å². The lowest BCUT2D eigenvalue weighted by atomic mass is 10.1. The van der Waals surface area contributed by atoms with Crippen molar-refractivity contribution in [2.45, 2.75) is 19.3 Å². The van der Waals surface area contributed by atoms with Gasteiger partial charge < -0.3 is 14.8 Å². The molecule has 1 aliphatic heterocycles. The molecule has 0 saturated carbocycles. The first-order valence-electron chi connectivity index (χ1n) is 8.31. The van der Waals surface area contributed by atoms with Crippen LogP contribution in [0, 0.1) is 0 Å². The summed E-state index contributed by atoms with van der Waals surface area (Å²) in [7, 11) is 1.95. The summed E-state index contributed by atoms with van der Waals surface area (Å²) in [5.41, 5.74) is 2.71. The van der Waals surface area contributed by atoms with Crippen LogP contribution in [-0.2, 0) is 7.05 Å². The average Bonchev–Trinajstić information content (AvgIpc) is 3.02. The Hall–Kier alpha value is -2.14. The molecule has 1 aromatic carbocycles. The molecule has 5 nitrogen and oxygen atoms in total. The number of amides is 1. The van der Waals surface area contributed by atoms with Gasteiger partial charge in [0.1, 0.15) is 0 Å². The van der Waals surface area contributed by atoms with Crippen LogP contribution in [0.3, 0.4) is 0 Å². The number of rotatable bonds is 5. The zero-order valence-corrected chi connectivity index (χ0v) is 13.7. The van der Waals surface area contributed by atoms with Gasteiger partial charge in [-0.2, -0.15) is 0 Å². The second-order valence-corrected chi connectivity index (χ2v) is 6.13. The van der Waals surface area contributed by atoms with E-state index in [0.29, 0.717) is 12.1 Å². The third-order valence-corrected chi connectivity index (χ3v) is 4.40. The van der Waals surface area contributed by atoms with E-state index in [1.807, 2.05) is 42.1 Å². The number of benzene rings is 1. The van der Waals surface area contributed by atoms with Gasteiger partial charge >= 0.3 is 0 Å². The summed E-state index contributed by atoms with van der Waals surface area (Å²) in [6.07, 6.45) is 7.47. The first-order valence-corrected chi connectivity index (χ1v) is 8.31. The van der Waals surface area contributed by atoms with Gasteiger partial charge in [0.15, 0.2) is 0 Å². The highest BCUT2D eigenvalue weighted by Crippen LogP contribution is 2.19. The van der Waals surface area contributed by atoms with E-state index >= 15 is 0 Å². The Morgan fingerprint density at radius 2 is 2.09 bits per heavy atom. The fourth-order valence-electron chi connectivity index (χ4n) is 3.07. The van der Waals surface area contributed by atoms with E-state index in [2.05, 4.69) is 15.2 Å². The number of nitrogens with zero attached hydrogens (tertiary/aromatic N) is 3. The smallest absolute Gasteiger partial charge is 0.251 e. The zero-order valence-electron chi connectivity index (χ0n) is 13.7. The first-order chi connectivity index (χ1) is 11.2. The summed E-state index contributed by atoms with van der Waals surface area (Å²) in [4.78, 5) is 18.9. The maximum absolute atomic E-state index is 12.3. The standard InChI is InChI=1S/C18H24N4O/c1-21-14-19-13-17(21)15-6-5-7-16(12-15)18(23)20-8-11-22-9-3-2-4-10-22/h5-7,12-14H,2-4,8-11H2,1H3,(H,20,23). The van der Waals surface area contributed by atoms with Crippen molar-refractivity contribution in [3.8, 4) is 11.3 Å². The van der Waals surface area contributed by atoms with E-state index in [1.54, 1.807) is 6.33 Å². The highest BCUT2D eigenvalue weighted by Gasteiger charge is 2.11. The van der Waals surface area contributed by atoms with Crippen LogP contribution < -0.4 is 5.32 Å². The third kappa shape index (κ3) is 3.99. The van der Waals surface area contributed by atoms with Crippen LogP contribution in [0.25, 0.3) is 11.3 Å². The van der Waals surface area contributed by atoms with E-state index in [-0.39, 0.29) is 5.91 Å². The van der Waals surface area contributed by atoms with Crippen molar-refractivity contribution in [1.82, 2.24) is 19.8 Å². The van der Waals surface area contributed by atoms with Gasteiger partial charge in [-0.3, -0.25) is 4.79 Å². The number of imidazole rings is 1. The van der Waals surface area contributed by atoms with Crippen LogP contribution in [0.1, 0.15) is 29.6 Å². The molecule has 2 heterocycles. The quantitative estimate of drug-likeness (QED) is 0.921. The van der Waals surface area contributed by atoms with Crippen LogP contribution >= 0.6 is 0 Å². The van der Waals surface area contributed by atoms with Crippen molar-refractivity contribution >= 4 is 5.91 Å². The molecule has 5 heteroatoms. The molecular formula is C18H24N4O. The minimum absolute atomic E-state index is 0.00831. The highest BCUT2D eigenvalue weighted by atomic mass is 16.1. The molecule has 1 amide bonds. The summed E-state index contributed by atoms with van der Waals surface area (Å²) >= 11 is 0. The Kier molecular flexibility index (Phi) is 5.08. The number of piperidine rings is 1. The minimum Gasteiger partial charge on any atom is -0.351 e. The molecule has 0 unspecified atom stereocenters. The summed E-state index contributed by atoms with van der Waals surface area (Å²) in [5, 5.41) is 3.03. The highest BCUT2D eigenvalue weighted by molar-refractivity contribution is 5.95. The van der Waals surface area contributed by atoms with E-state index in [0.717, 1.165) is 30.9 Å². The fraction of sp³-hybridized carbons (Fsp3) is 0.444. The van der Waals surface area contributed by atoms with Gasteiger partial charge in [-0.1, -0.05) is 18.6 Å². The lowest BCUT2D eigenvalue weighted by Crippen LogP contribution is -2.37. The Morgan fingerprint density at radius 3 is 2.83 bits per heavy atom. The van der Waals surface area contributed by atoms with Gasteiger partial charge in [-0.15, -0.1) is 0 Å². The number of carbonyl (C=O) groups excluding carboxylic acids is 1. The zero-order chi connectivity index (χ0) is 16.1. The maximum atomic E-state index is 12.3. The van der Waals surface area contributed by atoms with Crippen LogP contribution in [0.4, 0.5) is 0 Å². The predicted molar refractivity (Wildman–Crippen MR) is 91.3 cm³/mol. The molecule has 3 rings (SSSR count). The summed E-state index contributed by atoms with van der Waals surface area (Å²) in [6, 6.07) is 7.70. The number of likely N-dealkylation sites (tertiary alicyclic amines) is 1. The van der Waals surface area contributed by atoms with E-state index in [1.165, 1.54) is 19.3 Å². The van der Waals surface area contributed by atoms with Crippen molar-refractivity contribution in [1.29, 1.82) is 0 Å². The molecule has 1 N–H and O–H groups in total. The molecule has 0 radical (unpaired) electrons. The van der Waals surface area contributed by atoms with Crippen LogP contribution in [0.5, 0.6) is 0 Å². The lowest BCUT2D eigenvalue weighted by molar-refractivity contribution is 0.0946. The van der Waals surface area contributed by atoms with Gasteiger partial charge in [-0.25, -0.2) is 4.98 Å². The molecule has 2 aromatic rings. The number of hydrogen-bond acceptors (Lipinski definition) is 3. The molecule has 0 bridgehead atoms. The third-order valence-electron chi connectivity index (χ3n) is 4.40. The van der Waals surface area contributed by atoms with Crippen LogP contribution in [0.2, 0.25) is 0 Å². The number of carbonyl (C=O) groups is 1. The molecule has 0 aliphatic carbocycles. The molecule has 0 spiro atoms. The molecule has 0 atom stereocenters. The Labute approximate surface area is 137 Å². The van der Waals surface area contributed by atoms with E-state index < -0.39 is 0 Å². The second-order valence-electron chi connectivity index (χ2n) is 6.13. The SMILES string of the molecule is Cn1cncc1-c1cccc(C(=O)NCCN2CCCCC2)c1. The molecular weight excluding hydrogens is 288 g/mol. The first kappa shape index (κ1) is 15.7. The van der Waals surface area contributed by atoms with Gasteiger partial charge in [0, 0.05) is 31.3 Å². The Morgan fingerprint density at radius 1 is 1.26 bits per heavy atom. The molecule has 1 aliphatic rings. The van der Waals surface area contributed by atoms with Crippen molar-refractivity contribution in [3.63, 3.8) is 0 Å². The monoisotopic (exact) mass is 312 g/mol. The predicted octanol–water partition coefficient (Wildman–Crippen LogP) is 2.30. The van der Waals surface area contributed by atoms with Crippen LogP contribution in [0.15, 0.2) is 36.8 Å². The van der Waals surface area contributed by atoms with Crippen molar-refractivity contribution in [2.75, 3.05) is 26.2 Å². The van der Waals surface area contributed by atoms with E-state index in [4.69, 9.17) is 0 Å². The molecule has 23 heavy (non-hydrogen) atoms. The summed E-state index contributed by atoms with van der Waals surface area (Å²) in [5.74, 6) is -0.00831. The summed E-state index contributed by atoms with van der Waals surface area (Å²) < 4.78 is 1.95. The average molecular weight is 312 g/mol. The van der Waals surface area contributed by atoms with Crippen LogP contribution in [-0.4, -0.2) is 46.5 Å². The Bertz CT molecular complexity index is 659. The van der Waals surface area contributed by atoms with Crippen molar-refractivity contribution in [2.24, 2.45) is 7.05 Å². The van der Waals surface area contributed by atoms with Gasteiger partial charge in [-0.05, 0) is 38.1 Å². The Balaban J connectivity index is 1.58. The normalized spacial score (nSPS) is 15.5. The van der Waals surface area contributed by atoms with E-state index in [9.17, 15) is 4.79 Å². The molecule has 122 valence electrons.